The Labute approximate surface area is 146 Å². The number of fused-ring (bicyclic) bond motifs is 5. The Morgan fingerprint density at radius 2 is 1.88 bits per heavy atom. The molecule has 3 aliphatic rings. The lowest BCUT2D eigenvalue weighted by molar-refractivity contribution is -0.140. The van der Waals surface area contributed by atoms with Gasteiger partial charge in [0.25, 0.3) is 5.91 Å². The number of aromatic nitrogens is 1. The molecule has 2 aliphatic carbocycles. The largest absolute Gasteiger partial charge is 0.364 e. The maximum Gasteiger partial charge on any atom is 0.253 e. The van der Waals surface area contributed by atoms with Crippen molar-refractivity contribution < 1.29 is 14.4 Å². The first-order chi connectivity index (χ1) is 12.0. The number of nitrogens with one attached hydrogen (secondary N) is 2. The monoisotopic (exact) mass is 341 g/mol. The Balaban J connectivity index is 1.36. The number of carbonyl (C=O) groups excluding carboxylic acids is 3. The predicted octanol–water partition coefficient (Wildman–Crippen LogP) is 1.68. The van der Waals surface area contributed by atoms with Crippen LogP contribution in [0.25, 0.3) is 0 Å². The lowest BCUT2D eigenvalue weighted by atomic mass is 9.85. The Morgan fingerprint density at radius 1 is 1.24 bits per heavy atom. The summed E-state index contributed by atoms with van der Waals surface area (Å²) >= 11 is 0. The van der Waals surface area contributed by atoms with E-state index in [4.69, 9.17) is 0 Å². The molecule has 4 unspecified atom stereocenters. The standard InChI is InChI=1S/C19H23N3O3/c1-10(2)16-13(5-6-20-16)17(23)21-7-8-22-18(24)14-11-3-4-12(9-11)15(14)19(22)25/h3-6,10-12,14-15,20H,7-9H2,1-2H3,(H,21,23). The minimum absolute atomic E-state index is 0.0642. The molecule has 2 fully saturated rings. The third-order valence-corrected chi connectivity index (χ3v) is 5.78. The molecule has 132 valence electrons. The smallest absolute Gasteiger partial charge is 0.253 e. The highest BCUT2D eigenvalue weighted by atomic mass is 16.2. The highest BCUT2D eigenvalue weighted by molar-refractivity contribution is 6.06. The van der Waals surface area contributed by atoms with Gasteiger partial charge in [-0.05, 0) is 30.2 Å². The van der Waals surface area contributed by atoms with Gasteiger partial charge < -0.3 is 10.3 Å². The van der Waals surface area contributed by atoms with Crippen molar-refractivity contribution >= 4 is 17.7 Å². The van der Waals surface area contributed by atoms with Crippen molar-refractivity contribution in [2.45, 2.75) is 26.2 Å². The van der Waals surface area contributed by atoms with E-state index in [-0.39, 0.29) is 60.4 Å². The first-order valence-electron chi connectivity index (χ1n) is 8.98. The van der Waals surface area contributed by atoms with Crippen LogP contribution in [0.5, 0.6) is 0 Å². The summed E-state index contributed by atoms with van der Waals surface area (Å²) in [6.45, 7) is 4.56. The third kappa shape index (κ3) is 2.42. The van der Waals surface area contributed by atoms with E-state index in [1.165, 1.54) is 4.90 Å². The lowest BCUT2D eigenvalue weighted by Gasteiger charge is -2.17. The van der Waals surface area contributed by atoms with E-state index < -0.39 is 0 Å². The topological polar surface area (TPSA) is 82.3 Å². The Hall–Kier alpha value is -2.37. The first-order valence-corrected chi connectivity index (χ1v) is 8.98. The lowest BCUT2D eigenvalue weighted by Crippen LogP contribution is -2.39. The van der Waals surface area contributed by atoms with Gasteiger partial charge in [-0.2, -0.15) is 0 Å². The van der Waals surface area contributed by atoms with E-state index in [0.29, 0.717) is 5.56 Å². The predicted molar refractivity (Wildman–Crippen MR) is 91.7 cm³/mol. The SMILES string of the molecule is CC(C)c1[nH]ccc1C(=O)NCCN1C(=O)C2C3C=CC(C3)C2C1=O. The van der Waals surface area contributed by atoms with Gasteiger partial charge in [0, 0.05) is 25.0 Å². The van der Waals surface area contributed by atoms with Gasteiger partial charge in [-0.3, -0.25) is 19.3 Å². The van der Waals surface area contributed by atoms with Crippen LogP contribution in [0.15, 0.2) is 24.4 Å². The van der Waals surface area contributed by atoms with Gasteiger partial charge in [0.1, 0.15) is 0 Å². The van der Waals surface area contributed by atoms with E-state index in [0.717, 1.165) is 12.1 Å². The van der Waals surface area contributed by atoms with Crippen molar-refractivity contribution in [2.24, 2.45) is 23.7 Å². The number of nitrogens with zero attached hydrogens (tertiary/aromatic N) is 1. The van der Waals surface area contributed by atoms with Crippen LogP contribution >= 0.6 is 0 Å². The zero-order chi connectivity index (χ0) is 17.7. The van der Waals surface area contributed by atoms with Gasteiger partial charge in [-0.25, -0.2) is 0 Å². The molecule has 2 bridgehead atoms. The Kier molecular flexibility index (Phi) is 3.78. The number of rotatable bonds is 5. The summed E-state index contributed by atoms with van der Waals surface area (Å²) in [4.78, 5) is 42.0. The minimum atomic E-state index is -0.175. The number of carbonyl (C=O) groups is 3. The fourth-order valence-electron chi connectivity index (χ4n) is 4.62. The second-order valence-corrected chi connectivity index (χ2v) is 7.54. The molecule has 4 atom stereocenters. The van der Waals surface area contributed by atoms with Crippen LogP contribution in [0.3, 0.4) is 0 Å². The van der Waals surface area contributed by atoms with Crippen molar-refractivity contribution in [3.8, 4) is 0 Å². The first kappa shape index (κ1) is 16.1. The van der Waals surface area contributed by atoms with Crippen molar-refractivity contribution in [3.63, 3.8) is 0 Å². The number of hydrogen-bond donors (Lipinski definition) is 2. The number of hydrogen-bond acceptors (Lipinski definition) is 3. The molecule has 0 spiro atoms. The van der Waals surface area contributed by atoms with Crippen LogP contribution in [-0.4, -0.2) is 40.7 Å². The quantitative estimate of drug-likeness (QED) is 0.631. The van der Waals surface area contributed by atoms with Crippen molar-refractivity contribution in [1.82, 2.24) is 15.2 Å². The Morgan fingerprint density at radius 3 is 2.48 bits per heavy atom. The van der Waals surface area contributed by atoms with E-state index in [9.17, 15) is 14.4 Å². The van der Waals surface area contributed by atoms with Gasteiger partial charge in [-0.1, -0.05) is 26.0 Å². The van der Waals surface area contributed by atoms with Crippen molar-refractivity contribution in [1.29, 1.82) is 0 Å². The summed E-state index contributed by atoms with van der Waals surface area (Å²) in [5.41, 5.74) is 1.51. The average molecular weight is 341 g/mol. The molecular formula is C19H23N3O3. The molecule has 1 saturated carbocycles. The minimum Gasteiger partial charge on any atom is -0.364 e. The molecule has 0 radical (unpaired) electrons. The van der Waals surface area contributed by atoms with Crippen LogP contribution in [0, 0.1) is 23.7 Å². The van der Waals surface area contributed by atoms with E-state index in [2.05, 4.69) is 22.5 Å². The maximum absolute atomic E-state index is 12.6. The van der Waals surface area contributed by atoms with Gasteiger partial charge in [0.15, 0.2) is 0 Å². The van der Waals surface area contributed by atoms with Gasteiger partial charge in [-0.15, -0.1) is 0 Å². The summed E-state index contributed by atoms with van der Waals surface area (Å²) in [6, 6.07) is 1.75. The van der Waals surface area contributed by atoms with Crippen LogP contribution in [0.1, 0.15) is 42.2 Å². The normalized spacial score (nSPS) is 29.8. The summed E-state index contributed by atoms with van der Waals surface area (Å²) < 4.78 is 0. The van der Waals surface area contributed by atoms with Gasteiger partial charge in [0.05, 0.1) is 17.4 Å². The zero-order valence-corrected chi connectivity index (χ0v) is 14.5. The van der Waals surface area contributed by atoms with Gasteiger partial charge >= 0.3 is 0 Å². The van der Waals surface area contributed by atoms with Crippen LogP contribution in [0.4, 0.5) is 0 Å². The molecule has 25 heavy (non-hydrogen) atoms. The second kappa shape index (κ2) is 5.86. The van der Waals surface area contributed by atoms with E-state index in [1.807, 2.05) is 13.8 Å². The summed E-state index contributed by atoms with van der Waals surface area (Å²) in [5, 5.41) is 2.83. The summed E-state index contributed by atoms with van der Waals surface area (Å²) in [7, 11) is 0. The molecule has 3 amide bonds. The molecule has 1 saturated heterocycles. The van der Waals surface area contributed by atoms with Gasteiger partial charge in [0.2, 0.25) is 11.8 Å². The molecule has 1 aromatic heterocycles. The number of amides is 3. The molecular weight excluding hydrogens is 318 g/mol. The van der Waals surface area contributed by atoms with Crippen LogP contribution in [-0.2, 0) is 9.59 Å². The van der Waals surface area contributed by atoms with E-state index >= 15 is 0 Å². The number of imide groups is 1. The second-order valence-electron chi connectivity index (χ2n) is 7.54. The highest BCUT2D eigenvalue weighted by Gasteiger charge is 2.58. The molecule has 4 rings (SSSR count). The molecule has 6 heteroatoms. The third-order valence-electron chi connectivity index (χ3n) is 5.78. The number of likely N-dealkylation sites (tertiary alicyclic amines) is 1. The highest BCUT2D eigenvalue weighted by Crippen LogP contribution is 2.52. The fraction of sp³-hybridized carbons (Fsp3) is 0.526. The van der Waals surface area contributed by atoms with Crippen LogP contribution < -0.4 is 5.32 Å². The average Bonchev–Trinajstić information content (AvgIpc) is 3.33. The zero-order valence-electron chi connectivity index (χ0n) is 14.5. The number of aromatic amines is 1. The van der Waals surface area contributed by atoms with Crippen molar-refractivity contribution in [3.05, 3.63) is 35.7 Å². The molecule has 1 aromatic rings. The van der Waals surface area contributed by atoms with Crippen molar-refractivity contribution in [2.75, 3.05) is 13.1 Å². The molecule has 0 aromatic carbocycles. The Bertz CT molecular complexity index is 734. The maximum atomic E-state index is 12.6. The molecule has 2 N–H and O–H groups in total. The number of allylic oxidation sites excluding steroid dienone is 2. The summed E-state index contributed by atoms with van der Waals surface area (Å²) in [5.74, 6) is 0.0203. The number of H-pyrrole nitrogens is 1. The fourth-order valence-corrected chi connectivity index (χ4v) is 4.62. The van der Waals surface area contributed by atoms with E-state index in [1.54, 1.807) is 12.3 Å². The molecule has 6 nitrogen and oxygen atoms in total. The molecule has 2 heterocycles. The molecule has 1 aliphatic heterocycles. The summed E-state index contributed by atoms with van der Waals surface area (Å²) in [6.07, 6.45) is 6.86. The van der Waals surface area contributed by atoms with Crippen LogP contribution in [0.2, 0.25) is 0 Å².